The van der Waals surface area contributed by atoms with Crippen LogP contribution in [0.5, 0.6) is 0 Å². The van der Waals surface area contributed by atoms with E-state index in [0.29, 0.717) is 0 Å². The molecular weight excluding hydrogens is 252 g/mol. The summed E-state index contributed by atoms with van der Waals surface area (Å²) in [6, 6.07) is 8.54. The third-order valence-corrected chi connectivity index (χ3v) is 3.52. The number of hydrogen-bond donors (Lipinski definition) is 2. The second kappa shape index (κ2) is 7.43. The van der Waals surface area contributed by atoms with Gasteiger partial charge in [0.25, 0.3) is 0 Å². The number of hydrogen-bond acceptors (Lipinski definition) is 3. The SMILES string of the molecule is COCCNCc1cccc2c1ccn2CC(C)CO. The number of aliphatic hydroxyl groups is 1. The molecule has 0 bridgehead atoms. The van der Waals surface area contributed by atoms with E-state index in [2.05, 4.69) is 47.3 Å². The van der Waals surface area contributed by atoms with E-state index in [1.54, 1.807) is 7.11 Å². The van der Waals surface area contributed by atoms with E-state index < -0.39 is 0 Å². The van der Waals surface area contributed by atoms with Crippen molar-refractivity contribution in [2.45, 2.75) is 20.0 Å². The van der Waals surface area contributed by atoms with Gasteiger partial charge in [0.15, 0.2) is 0 Å². The lowest BCUT2D eigenvalue weighted by Gasteiger charge is -2.11. The molecule has 1 aromatic carbocycles. The highest BCUT2D eigenvalue weighted by Gasteiger charge is 2.07. The van der Waals surface area contributed by atoms with E-state index in [0.717, 1.165) is 26.2 Å². The minimum Gasteiger partial charge on any atom is -0.396 e. The Balaban J connectivity index is 2.12. The van der Waals surface area contributed by atoms with Crippen LogP contribution in [0, 0.1) is 5.92 Å². The van der Waals surface area contributed by atoms with Crippen LogP contribution in [0.4, 0.5) is 0 Å². The predicted octanol–water partition coefficient (Wildman–Crippen LogP) is 2.01. The zero-order chi connectivity index (χ0) is 14.4. The molecule has 0 aliphatic carbocycles. The quantitative estimate of drug-likeness (QED) is 0.725. The molecule has 2 N–H and O–H groups in total. The Labute approximate surface area is 120 Å². The molecule has 110 valence electrons. The largest absolute Gasteiger partial charge is 0.396 e. The monoisotopic (exact) mass is 276 g/mol. The average molecular weight is 276 g/mol. The highest BCUT2D eigenvalue weighted by molar-refractivity contribution is 5.83. The van der Waals surface area contributed by atoms with Crippen LogP contribution in [0.15, 0.2) is 30.5 Å². The number of nitrogens with zero attached hydrogens (tertiary/aromatic N) is 1. The van der Waals surface area contributed by atoms with Gasteiger partial charge in [-0.3, -0.25) is 0 Å². The molecule has 0 fully saturated rings. The number of fused-ring (bicyclic) bond motifs is 1. The summed E-state index contributed by atoms with van der Waals surface area (Å²) >= 11 is 0. The van der Waals surface area contributed by atoms with Crippen molar-refractivity contribution in [3.05, 3.63) is 36.0 Å². The Bertz CT molecular complexity index is 536. The van der Waals surface area contributed by atoms with E-state index in [1.807, 2.05) is 0 Å². The fraction of sp³-hybridized carbons (Fsp3) is 0.500. The highest BCUT2D eigenvalue weighted by atomic mass is 16.5. The Morgan fingerprint density at radius 1 is 1.35 bits per heavy atom. The first-order valence-corrected chi connectivity index (χ1v) is 7.13. The molecule has 4 nitrogen and oxygen atoms in total. The fourth-order valence-corrected chi connectivity index (χ4v) is 2.39. The van der Waals surface area contributed by atoms with Gasteiger partial charge in [0, 0.05) is 50.5 Å². The van der Waals surface area contributed by atoms with Crippen LogP contribution in [-0.2, 0) is 17.8 Å². The van der Waals surface area contributed by atoms with Crippen LogP contribution >= 0.6 is 0 Å². The molecule has 1 atom stereocenters. The lowest BCUT2D eigenvalue weighted by Crippen LogP contribution is -2.18. The minimum absolute atomic E-state index is 0.220. The topological polar surface area (TPSA) is 46.4 Å². The summed E-state index contributed by atoms with van der Waals surface area (Å²) < 4.78 is 7.25. The van der Waals surface area contributed by atoms with E-state index in [9.17, 15) is 5.11 Å². The Hall–Kier alpha value is -1.36. The van der Waals surface area contributed by atoms with Gasteiger partial charge in [-0.25, -0.2) is 0 Å². The zero-order valence-electron chi connectivity index (χ0n) is 12.3. The molecule has 0 radical (unpaired) electrons. The Kier molecular flexibility index (Phi) is 5.59. The van der Waals surface area contributed by atoms with Crippen molar-refractivity contribution in [3.63, 3.8) is 0 Å². The van der Waals surface area contributed by atoms with Gasteiger partial charge in [-0.15, -0.1) is 0 Å². The number of aromatic nitrogens is 1. The Morgan fingerprint density at radius 2 is 2.20 bits per heavy atom. The molecule has 0 aliphatic rings. The third-order valence-electron chi connectivity index (χ3n) is 3.52. The van der Waals surface area contributed by atoms with Crippen LogP contribution in [0.25, 0.3) is 10.9 Å². The number of methoxy groups -OCH3 is 1. The molecule has 0 amide bonds. The molecule has 1 aromatic heterocycles. The lowest BCUT2D eigenvalue weighted by molar-refractivity contribution is 0.199. The summed E-state index contributed by atoms with van der Waals surface area (Å²) in [5, 5.41) is 13.9. The maximum Gasteiger partial charge on any atom is 0.0587 e. The van der Waals surface area contributed by atoms with Crippen molar-refractivity contribution in [3.8, 4) is 0 Å². The zero-order valence-corrected chi connectivity index (χ0v) is 12.3. The van der Waals surface area contributed by atoms with Gasteiger partial charge in [0.2, 0.25) is 0 Å². The number of benzene rings is 1. The van der Waals surface area contributed by atoms with Gasteiger partial charge in [-0.1, -0.05) is 19.1 Å². The first-order valence-electron chi connectivity index (χ1n) is 7.13. The first-order chi connectivity index (χ1) is 9.76. The van der Waals surface area contributed by atoms with Crippen molar-refractivity contribution < 1.29 is 9.84 Å². The van der Waals surface area contributed by atoms with E-state index in [-0.39, 0.29) is 12.5 Å². The van der Waals surface area contributed by atoms with Gasteiger partial charge < -0.3 is 19.7 Å². The number of rotatable bonds is 8. The van der Waals surface area contributed by atoms with Gasteiger partial charge in [0.1, 0.15) is 0 Å². The number of nitrogens with one attached hydrogen (secondary N) is 1. The Morgan fingerprint density at radius 3 is 2.95 bits per heavy atom. The molecular formula is C16H24N2O2. The normalized spacial score (nSPS) is 12.9. The highest BCUT2D eigenvalue weighted by Crippen LogP contribution is 2.21. The number of aliphatic hydroxyl groups excluding tert-OH is 1. The van der Waals surface area contributed by atoms with E-state index >= 15 is 0 Å². The maximum atomic E-state index is 9.19. The second-order valence-electron chi connectivity index (χ2n) is 5.28. The van der Waals surface area contributed by atoms with E-state index in [4.69, 9.17) is 4.74 Å². The smallest absolute Gasteiger partial charge is 0.0587 e. The van der Waals surface area contributed by atoms with Gasteiger partial charge >= 0.3 is 0 Å². The summed E-state index contributed by atoms with van der Waals surface area (Å²) in [6.07, 6.45) is 2.11. The van der Waals surface area contributed by atoms with Crippen LogP contribution in [0.1, 0.15) is 12.5 Å². The van der Waals surface area contributed by atoms with Gasteiger partial charge in [-0.05, 0) is 23.6 Å². The van der Waals surface area contributed by atoms with Crippen LogP contribution < -0.4 is 5.32 Å². The van der Waals surface area contributed by atoms with E-state index in [1.165, 1.54) is 16.5 Å². The summed E-state index contributed by atoms with van der Waals surface area (Å²) in [5.74, 6) is 0.272. The van der Waals surface area contributed by atoms with Crippen molar-refractivity contribution in [1.29, 1.82) is 0 Å². The molecule has 2 rings (SSSR count). The molecule has 0 aliphatic heterocycles. The van der Waals surface area contributed by atoms with Gasteiger partial charge in [-0.2, -0.15) is 0 Å². The fourth-order valence-electron chi connectivity index (χ4n) is 2.39. The molecule has 20 heavy (non-hydrogen) atoms. The standard InChI is InChI=1S/C16H24N2O2/c1-13(12-19)11-18-8-6-15-14(4-3-5-16(15)18)10-17-7-9-20-2/h3-6,8,13,17,19H,7,9-12H2,1-2H3. The summed E-state index contributed by atoms with van der Waals surface area (Å²) in [5.41, 5.74) is 2.53. The molecule has 0 saturated heterocycles. The third kappa shape index (κ3) is 3.60. The van der Waals surface area contributed by atoms with Crippen LogP contribution in [-0.4, -0.2) is 36.5 Å². The van der Waals surface area contributed by atoms with Crippen LogP contribution in [0.2, 0.25) is 0 Å². The minimum atomic E-state index is 0.220. The number of ether oxygens (including phenoxy) is 1. The second-order valence-corrected chi connectivity index (χ2v) is 5.28. The molecule has 0 saturated carbocycles. The molecule has 1 unspecified atom stereocenters. The lowest BCUT2D eigenvalue weighted by atomic mass is 10.1. The van der Waals surface area contributed by atoms with Gasteiger partial charge in [0.05, 0.1) is 6.61 Å². The van der Waals surface area contributed by atoms with Crippen molar-refractivity contribution >= 4 is 10.9 Å². The summed E-state index contributed by atoms with van der Waals surface area (Å²) in [6.45, 7) is 5.56. The molecule has 0 spiro atoms. The molecule has 1 heterocycles. The average Bonchev–Trinajstić information content (AvgIpc) is 2.87. The summed E-state index contributed by atoms with van der Waals surface area (Å²) in [7, 11) is 1.71. The summed E-state index contributed by atoms with van der Waals surface area (Å²) in [4.78, 5) is 0. The van der Waals surface area contributed by atoms with Crippen molar-refractivity contribution in [2.24, 2.45) is 5.92 Å². The van der Waals surface area contributed by atoms with Crippen LogP contribution in [0.3, 0.4) is 0 Å². The molecule has 4 heteroatoms. The maximum absolute atomic E-state index is 9.19. The first kappa shape index (κ1) is 15.0. The predicted molar refractivity (Wildman–Crippen MR) is 81.8 cm³/mol. The molecule has 2 aromatic rings. The van der Waals surface area contributed by atoms with Crippen molar-refractivity contribution in [1.82, 2.24) is 9.88 Å². The van der Waals surface area contributed by atoms with Crippen molar-refractivity contribution in [2.75, 3.05) is 26.9 Å².